The molecule has 0 spiro atoms. The number of aliphatic carboxylic acids is 1. The third kappa shape index (κ3) is 7.53. The molecule has 0 fully saturated rings. The van der Waals surface area contributed by atoms with Crippen LogP contribution in [0.1, 0.15) is 51.2 Å². The molecule has 1 atom stereocenters. The molecule has 1 aromatic rings. The highest BCUT2D eigenvalue weighted by Crippen LogP contribution is 2.10. The molecule has 0 saturated carbocycles. The second kappa shape index (κ2) is 9.85. The molecule has 1 aromatic carbocycles. The molecule has 1 unspecified atom stereocenters. The minimum absolute atomic E-state index is 0.403. The predicted molar refractivity (Wildman–Crippen MR) is 68.9 cm³/mol. The number of carbonyl (C=O) groups is 1. The van der Waals surface area contributed by atoms with Crippen molar-refractivity contribution in [3.63, 3.8) is 0 Å². The van der Waals surface area contributed by atoms with Gasteiger partial charge in [-0.1, -0.05) is 69.9 Å². The van der Waals surface area contributed by atoms with E-state index in [2.05, 4.69) is 13.8 Å². The van der Waals surface area contributed by atoms with E-state index in [9.17, 15) is 4.79 Å². The summed E-state index contributed by atoms with van der Waals surface area (Å²) in [6.45, 7) is 4.46. The Kier molecular flexibility index (Phi) is 9.06. The number of hydrogen-bond acceptors (Lipinski definition) is 2. The van der Waals surface area contributed by atoms with Crippen LogP contribution in [0.4, 0.5) is 0 Å². The van der Waals surface area contributed by atoms with Crippen LogP contribution in [0.25, 0.3) is 0 Å². The minimum Gasteiger partial charge on any atom is -0.479 e. The van der Waals surface area contributed by atoms with Gasteiger partial charge in [-0.05, 0) is 5.56 Å². The van der Waals surface area contributed by atoms with E-state index in [4.69, 9.17) is 10.2 Å². The Morgan fingerprint density at radius 1 is 1.12 bits per heavy atom. The van der Waals surface area contributed by atoms with Crippen LogP contribution >= 0.6 is 0 Å². The lowest BCUT2D eigenvalue weighted by Crippen LogP contribution is -2.09. The summed E-state index contributed by atoms with van der Waals surface area (Å²) < 4.78 is 0. The summed E-state index contributed by atoms with van der Waals surface area (Å²) in [5.41, 5.74) is 0.403. The van der Waals surface area contributed by atoms with Gasteiger partial charge in [0.25, 0.3) is 0 Å². The van der Waals surface area contributed by atoms with Crippen molar-refractivity contribution in [2.75, 3.05) is 0 Å². The highest BCUT2D eigenvalue weighted by molar-refractivity contribution is 5.73. The summed E-state index contributed by atoms with van der Waals surface area (Å²) in [5, 5.41) is 17.4. The van der Waals surface area contributed by atoms with E-state index in [0.717, 1.165) is 0 Å². The molecular formula is C14H22O3. The SMILES string of the molecule is CCCCCC.O=C(O)C(O)c1ccccc1. The minimum atomic E-state index is -1.41. The molecule has 17 heavy (non-hydrogen) atoms. The Hall–Kier alpha value is -1.35. The fourth-order valence-corrected chi connectivity index (χ4v) is 1.28. The fraction of sp³-hybridized carbons (Fsp3) is 0.500. The van der Waals surface area contributed by atoms with Crippen molar-refractivity contribution in [1.82, 2.24) is 0 Å². The van der Waals surface area contributed by atoms with E-state index in [-0.39, 0.29) is 0 Å². The van der Waals surface area contributed by atoms with Gasteiger partial charge >= 0.3 is 5.97 Å². The lowest BCUT2D eigenvalue weighted by molar-refractivity contribution is -0.146. The summed E-state index contributed by atoms with van der Waals surface area (Å²) in [6.07, 6.45) is 4.13. The Balaban J connectivity index is 0.000000366. The molecule has 0 radical (unpaired) electrons. The largest absolute Gasteiger partial charge is 0.479 e. The summed E-state index contributed by atoms with van der Waals surface area (Å²) in [6, 6.07) is 8.26. The number of benzene rings is 1. The first kappa shape index (κ1) is 15.7. The van der Waals surface area contributed by atoms with Crippen LogP contribution in [-0.4, -0.2) is 16.2 Å². The second-order valence-corrected chi connectivity index (χ2v) is 3.86. The van der Waals surface area contributed by atoms with Crippen molar-refractivity contribution in [2.45, 2.75) is 45.6 Å². The highest BCUT2D eigenvalue weighted by Gasteiger charge is 2.14. The molecule has 0 aliphatic rings. The third-order valence-corrected chi connectivity index (χ3v) is 2.31. The van der Waals surface area contributed by atoms with Gasteiger partial charge in [0.2, 0.25) is 0 Å². The lowest BCUT2D eigenvalue weighted by atomic mass is 10.1. The van der Waals surface area contributed by atoms with Gasteiger partial charge in [0.15, 0.2) is 6.10 Å². The van der Waals surface area contributed by atoms with Crippen LogP contribution in [0.5, 0.6) is 0 Å². The van der Waals surface area contributed by atoms with Crippen LogP contribution in [0.15, 0.2) is 30.3 Å². The quantitative estimate of drug-likeness (QED) is 0.773. The Morgan fingerprint density at radius 3 is 1.94 bits per heavy atom. The molecule has 0 aliphatic carbocycles. The topological polar surface area (TPSA) is 57.5 Å². The summed E-state index contributed by atoms with van der Waals surface area (Å²) in [5.74, 6) is -1.23. The number of carboxylic acid groups (broad SMARTS) is 1. The van der Waals surface area contributed by atoms with E-state index in [1.165, 1.54) is 25.7 Å². The molecule has 0 saturated heterocycles. The van der Waals surface area contributed by atoms with Crippen LogP contribution < -0.4 is 0 Å². The number of rotatable bonds is 5. The number of aliphatic hydroxyl groups excluding tert-OH is 1. The first-order chi connectivity index (χ1) is 8.13. The maximum atomic E-state index is 10.2. The van der Waals surface area contributed by atoms with Crippen molar-refractivity contribution in [3.05, 3.63) is 35.9 Å². The van der Waals surface area contributed by atoms with Crippen LogP contribution in [0, 0.1) is 0 Å². The summed E-state index contributed by atoms with van der Waals surface area (Å²) >= 11 is 0. The number of carboxylic acids is 1. The normalized spacial score (nSPS) is 11.2. The number of unbranched alkanes of at least 4 members (excludes halogenated alkanes) is 3. The molecule has 0 aliphatic heterocycles. The predicted octanol–water partition coefficient (Wildman–Crippen LogP) is 3.39. The van der Waals surface area contributed by atoms with Gasteiger partial charge in [-0.2, -0.15) is 0 Å². The van der Waals surface area contributed by atoms with Gasteiger partial charge in [-0.25, -0.2) is 4.79 Å². The average molecular weight is 238 g/mol. The number of hydrogen-bond donors (Lipinski definition) is 2. The number of aliphatic hydroxyl groups is 1. The monoisotopic (exact) mass is 238 g/mol. The van der Waals surface area contributed by atoms with E-state index < -0.39 is 12.1 Å². The van der Waals surface area contributed by atoms with Gasteiger partial charge < -0.3 is 10.2 Å². The lowest BCUT2D eigenvalue weighted by Gasteiger charge is -2.03. The van der Waals surface area contributed by atoms with Crippen molar-refractivity contribution in [3.8, 4) is 0 Å². The van der Waals surface area contributed by atoms with Crippen molar-refractivity contribution >= 4 is 5.97 Å². The van der Waals surface area contributed by atoms with E-state index in [0.29, 0.717) is 5.56 Å². The van der Waals surface area contributed by atoms with Crippen LogP contribution in [-0.2, 0) is 4.79 Å². The zero-order valence-electron chi connectivity index (χ0n) is 10.6. The van der Waals surface area contributed by atoms with Crippen LogP contribution in [0.2, 0.25) is 0 Å². The molecular weight excluding hydrogens is 216 g/mol. The van der Waals surface area contributed by atoms with Crippen molar-refractivity contribution in [2.24, 2.45) is 0 Å². The fourth-order valence-electron chi connectivity index (χ4n) is 1.28. The molecule has 0 heterocycles. The zero-order valence-corrected chi connectivity index (χ0v) is 10.6. The van der Waals surface area contributed by atoms with Gasteiger partial charge in [-0.15, -0.1) is 0 Å². The average Bonchev–Trinajstić information content (AvgIpc) is 2.37. The van der Waals surface area contributed by atoms with Gasteiger partial charge in [-0.3, -0.25) is 0 Å². The Bertz CT molecular complexity index is 292. The molecule has 0 aromatic heterocycles. The summed E-state index contributed by atoms with van der Waals surface area (Å²) in [4.78, 5) is 10.2. The molecule has 0 bridgehead atoms. The highest BCUT2D eigenvalue weighted by atomic mass is 16.4. The molecule has 0 amide bonds. The second-order valence-electron chi connectivity index (χ2n) is 3.86. The van der Waals surface area contributed by atoms with Crippen LogP contribution in [0.3, 0.4) is 0 Å². The Morgan fingerprint density at radius 2 is 1.59 bits per heavy atom. The summed E-state index contributed by atoms with van der Waals surface area (Å²) in [7, 11) is 0. The van der Waals surface area contributed by atoms with E-state index in [1.807, 2.05) is 0 Å². The van der Waals surface area contributed by atoms with E-state index >= 15 is 0 Å². The van der Waals surface area contributed by atoms with Gasteiger partial charge in [0.1, 0.15) is 0 Å². The molecule has 3 heteroatoms. The maximum Gasteiger partial charge on any atom is 0.337 e. The van der Waals surface area contributed by atoms with Gasteiger partial charge in [0, 0.05) is 0 Å². The van der Waals surface area contributed by atoms with Crippen molar-refractivity contribution < 1.29 is 15.0 Å². The molecule has 3 nitrogen and oxygen atoms in total. The third-order valence-electron chi connectivity index (χ3n) is 2.31. The van der Waals surface area contributed by atoms with Gasteiger partial charge in [0.05, 0.1) is 0 Å². The van der Waals surface area contributed by atoms with Crippen molar-refractivity contribution in [1.29, 1.82) is 0 Å². The molecule has 1 rings (SSSR count). The maximum absolute atomic E-state index is 10.2. The standard InChI is InChI=1S/C8H8O3.C6H14/c9-7(8(10)11)6-4-2-1-3-5-6;1-3-5-6-4-2/h1-5,7,9H,(H,10,11);3-6H2,1-2H3. The van der Waals surface area contributed by atoms with E-state index in [1.54, 1.807) is 30.3 Å². The smallest absolute Gasteiger partial charge is 0.337 e. The first-order valence-electron chi connectivity index (χ1n) is 6.09. The first-order valence-corrected chi connectivity index (χ1v) is 6.09. The molecule has 2 N–H and O–H groups in total. The Labute approximate surface area is 103 Å². The molecule has 96 valence electrons. The zero-order chi connectivity index (χ0) is 13.1.